The molecule has 1 aliphatic rings. The largest absolute Gasteiger partial charge is 0.466 e. The lowest BCUT2D eigenvalue weighted by molar-refractivity contribution is -0.134. The highest BCUT2D eigenvalue weighted by Crippen LogP contribution is 2.08. The number of piperazine rings is 1. The molecule has 0 unspecified atom stereocenters. The van der Waals surface area contributed by atoms with Crippen LogP contribution < -0.4 is 0 Å². The Kier molecular flexibility index (Phi) is 4.98. The monoisotopic (exact) mass is 260 g/mol. The summed E-state index contributed by atoms with van der Waals surface area (Å²) in [5, 5.41) is 0. The maximum Gasteiger partial charge on any atom is 0.331 e. The Morgan fingerprint density at radius 2 is 1.89 bits per heavy atom. The molecule has 0 bridgehead atoms. The van der Waals surface area contributed by atoms with E-state index in [4.69, 9.17) is 0 Å². The van der Waals surface area contributed by atoms with Gasteiger partial charge >= 0.3 is 5.97 Å². The van der Waals surface area contributed by atoms with Crippen molar-refractivity contribution in [3.8, 4) is 0 Å². The molecule has 0 aliphatic carbocycles. The van der Waals surface area contributed by atoms with Gasteiger partial charge in [-0.15, -0.1) is 0 Å². The lowest BCUT2D eigenvalue weighted by Gasteiger charge is -2.34. The molecule has 1 aromatic rings. The first kappa shape index (κ1) is 13.6. The second-order valence-corrected chi connectivity index (χ2v) is 4.64. The van der Waals surface area contributed by atoms with E-state index in [0.29, 0.717) is 0 Å². The zero-order chi connectivity index (χ0) is 13.5. The molecule has 1 heterocycles. The van der Waals surface area contributed by atoms with E-state index in [9.17, 15) is 4.79 Å². The van der Waals surface area contributed by atoms with Crippen LogP contribution in [0.5, 0.6) is 0 Å². The van der Waals surface area contributed by atoms with Crippen LogP contribution in [-0.2, 0) is 16.1 Å². The van der Waals surface area contributed by atoms with Gasteiger partial charge in [-0.25, -0.2) is 4.79 Å². The van der Waals surface area contributed by atoms with Gasteiger partial charge in [0.1, 0.15) is 0 Å². The topological polar surface area (TPSA) is 32.8 Å². The van der Waals surface area contributed by atoms with Crippen LogP contribution in [-0.4, -0.2) is 49.1 Å². The third-order valence-corrected chi connectivity index (χ3v) is 3.28. The highest BCUT2D eigenvalue weighted by atomic mass is 16.5. The summed E-state index contributed by atoms with van der Waals surface area (Å²) >= 11 is 0. The molecule has 0 atom stereocenters. The van der Waals surface area contributed by atoms with Crippen molar-refractivity contribution in [2.24, 2.45) is 0 Å². The summed E-state index contributed by atoms with van der Waals surface area (Å²) in [5.41, 5.74) is 1.35. The van der Waals surface area contributed by atoms with Crippen molar-refractivity contribution in [2.75, 3.05) is 33.3 Å². The van der Waals surface area contributed by atoms with E-state index in [2.05, 4.69) is 38.8 Å². The van der Waals surface area contributed by atoms with Gasteiger partial charge in [0.05, 0.1) is 7.11 Å². The van der Waals surface area contributed by atoms with Gasteiger partial charge in [0.25, 0.3) is 0 Å². The van der Waals surface area contributed by atoms with Crippen molar-refractivity contribution in [3.63, 3.8) is 0 Å². The van der Waals surface area contributed by atoms with Crippen molar-refractivity contribution in [2.45, 2.75) is 6.54 Å². The summed E-state index contributed by atoms with van der Waals surface area (Å²) < 4.78 is 4.58. The van der Waals surface area contributed by atoms with E-state index in [-0.39, 0.29) is 5.97 Å². The highest BCUT2D eigenvalue weighted by Gasteiger charge is 2.14. The van der Waals surface area contributed by atoms with E-state index in [1.54, 1.807) is 0 Å². The summed E-state index contributed by atoms with van der Waals surface area (Å²) in [6, 6.07) is 10.5. The predicted molar refractivity (Wildman–Crippen MR) is 74.4 cm³/mol. The van der Waals surface area contributed by atoms with E-state index in [1.165, 1.54) is 18.7 Å². The second-order valence-electron chi connectivity index (χ2n) is 4.64. The quantitative estimate of drug-likeness (QED) is 0.606. The molecule has 4 heteroatoms. The van der Waals surface area contributed by atoms with Gasteiger partial charge in [-0.2, -0.15) is 0 Å². The summed E-state index contributed by atoms with van der Waals surface area (Å²) in [6.45, 7) is 4.91. The van der Waals surface area contributed by atoms with Gasteiger partial charge in [0.2, 0.25) is 0 Å². The number of rotatable bonds is 4. The Hall–Kier alpha value is -1.81. The van der Waals surface area contributed by atoms with Crippen molar-refractivity contribution >= 4 is 5.97 Å². The number of esters is 1. The number of hydrogen-bond acceptors (Lipinski definition) is 4. The van der Waals surface area contributed by atoms with E-state index in [0.717, 1.165) is 32.7 Å². The molecule has 1 aromatic carbocycles. The lowest BCUT2D eigenvalue weighted by atomic mass is 10.2. The molecule has 1 fully saturated rings. The van der Waals surface area contributed by atoms with Gasteiger partial charge in [-0.3, -0.25) is 4.90 Å². The number of carbonyl (C=O) groups excluding carboxylic acids is 1. The smallest absolute Gasteiger partial charge is 0.331 e. The number of ether oxygens (including phenoxy) is 1. The molecule has 1 saturated heterocycles. The second kappa shape index (κ2) is 6.95. The summed E-state index contributed by atoms with van der Waals surface area (Å²) in [7, 11) is 1.39. The van der Waals surface area contributed by atoms with Crippen LogP contribution >= 0.6 is 0 Å². The summed E-state index contributed by atoms with van der Waals surface area (Å²) in [4.78, 5) is 15.6. The zero-order valence-corrected chi connectivity index (χ0v) is 11.3. The third kappa shape index (κ3) is 4.41. The van der Waals surface area contributed by atoms with Gasteiger partial charge in [-0.05, 0) is 5.56 Å². The maximum absolute atomic E-state index is 11.0. The third-order valence-electron chi connectivity index (χ3n) is 3.28. The first-order valence-corrected chi connectivity index (χ1v) is 6.54. The number of hydrogen-bond donors (Lipinski definition) is 0. The van der Waals surface area contributed by atoms with Gasteiger partial charge in [0.15, 0.2) is 0 Å². The van der Waals surface area contributed by atoms with E-state index in [1.807, 2.05) is 12.3 Å². The number of benzene rings is 1. The fourth-order valence-corrected chi connectivity index (χ4v) is 2.15. The number of methoxy groups -OCH3 is 1. The molecule has 19 heavy (non-hydrogen) atoms. The van der Waals surface area contributed by atoms with Crippen molar-refractivity contribution in [1.82, 2.24) is 9.80 Å². The lowest BCUT2D eigenvalue weighted by Crippen LogP contribution is -2.43. The molecule has 2 rings (SSSR count). The maximum atomic E-state index is 11.0. The number of nitrogens with zero attached hydrogens (tertiary/aromatic N) is 2. The average molecular weight is 260 g/mol. The van der Waals surface area contributed by atoms with Crippen LogP contribution in [0.4, 0.5) is 0 Å². The molecule has 0 amide bonds. The minimum absolute atomic E-state index is 0.299. The summed E-state index contributed by atoms with van der Waals surface area (Å²) in [5.74, 6) is -0.299. The standard InChI is InChI=1S/C15H20N2O2/c1-19-15(18)7-8-16-9-11-17(12-10-16)13-14-5-3-2-4-6-14/h2-8H,9-13H2,1H3. The highest BCUT2D eigenvalue weighted by molar-refractivity contribution is 5.81. The normalized spacial score (nSPS) is 16.8. The van der Waals surface area contributed by atoms with Crippen molar-refractivity contribution < 1.29 is 9.53 Å². The van der Waals surface area contributed by atoms with Crippen LogP contribution in [0.15, 0.2) is 42.6 Å². The Balaban J connectivity index is 1.76. The van der Waals surface area contributed by atoms with E-state index < -0.39 is 0 Å². The minimum atomic E-state index is -0.299. The predicted octanol–water partition coefficient (Wildman–Crippen LogP) is 1.49. The Morgan fingerprint density at radius 1 is 1.21 bits per heavy atom. The van der Waals surface area contributed by atoms with Crippen LogP contribution in [0, 0.1) is 0 Å². The van der Waals surface area contributed by atoms with Gasteiger partial charge in [-0.1, -0.05) is 30.3 Å². The molecule has 4 nitrogen and oxygen atoms in total. The van der Waals surface area contributed by atoms with Crippen LogP contribution in [0.2, 0.25) is 0 Å². The van der Waals surface area contributed by atoms with Crippen molar-refractivity contribution in [3.05, 3.63) is 48.2 Å². The minimum Gasteiger partial charge on any atom is -0.466 e. The van der Waals surface area contributed by atoms with Gasteiger partial charge < -0.3 is 9.64 Å². The number of carbonyl (C=O) groups is 1. The van der Waals surface area contributed by atoms with Crippen LogP contribution in [0.1, 0.15) is 5.56 Å². The molecule has 102 valence electrons. The molecule has 0 N–H and O–H groups in total. The first-order chi connectivity index (χ1) is 9.28. The van der Waals surface area contributed by atoms with Crippen LogP contribution in [0.25, 0.3) is 0 Å². The SMILES string of the molecule is COC(=O)C=CN1CCN(Cc2ccccc2)CC1. The summed E-state index contributed by atoms with van der Waals surface area (Å²) in [6.07, 6.45) is 3.30. The van der Waals surface area contributed by atoms with Crippen molar-refractivity contribution in [1.29, 1.82) is 0 Å². The van der Waals surface area contributed by atoms with Gasteiger partial charge in [0, 0.05) is 45.0 Å². The van der Waals surface area contributed by atoms with E-state index >= 15 is 0 Å². The Labute approximate surface area is 114 Å². The van der Waals surface area contributed by atoms with Crippen LogP contribution in [0.3, 0.4) is 0 Å². The molecule has 0 radical (unpaired) electrons. The average Bonchev–Trinajstić information content (AvgIpc) is 2.47. The Bertz CT molecular complexity index is 423. The molecule has 0 saturated carbocycles. The fraction of sp³-hybridized carbons (Fsp3) is 0.400. The molecule has 0 spiro atoms. The molecular formula is C15H20N2O2. The zero-order valence-electron chi connectivity index (χ0n) is 11.3. The molecule has 1 aliphatic heterocycles. The fourth-order valence-electron chi connectivity index (χ4n) is 2.15. The molecule has 0 aromatic heterocycles. The Morgan fingerprint density at radius 3 is 2.53 bits per heavy atom. The molecular weight excluding hydrogens is 240 g/mol. The first-order valence-electron chi connectivity index (χ1n) is 6.54.